The van der Waals surface area contributed by atoms with Crippen LogP contribution >= 0.6 is 0 Å². The standard InChI is InChI=1S/C12H12BF3O3/c14-12(15,16)19-9-4-1-3-8(7-9)10-5-2-6-13(10)11(17)18/h1,3-4,7,10H,2,5-6H2,(H,17,18). The van der Waals surface area contributed by atoms with E-state index < -0.39 is 18.9 Å². The summed E-state index contributed by atoms with van der Waals surface area (Å²) in [5.41, 5.74) is 0.589. The van der Waals surface area contributed by atoms with Gasteiger partial charge in [-0.25, -0.2) is 0 Å². The molecule has 1 aromatic rings. The van der Waals surface area contributed by atoms with Crippen molar-refractivity contribution in [1.29, 1.82) is 0 Å². The molecule has 0 aromatic heterocycles. The molecule has 1 N–H and O–H groups in total. The van der Waals surface area contributed by atoms with Gasteiger partial charge in [-0.15, -0.1) is 13.2 Å². The fourth-order valence-corrected chi connectivity index (χ4v) is 2.60. The van der Waals surface area contributed by atoms with Gasteiger partial charge in [-0.05, 0) is 23.5 Å². The summed E-state index contributed by atoms with van der Waals surface area (Å²) >= 11 is 0. The molecule has 7 heteroatoms. The molecule has 0 bridgehead atoms. The highest BCUT2D eigenvalue weighted by atomic mass is 19.4. The summed E-state index contributed by atoms with van der Waals surface area (Å²) < 4.78 is 40.3. The Morgan fingerprint density at radius 2 is 2.16 bits per heavy atom. The van der Waals surface area contributed by atoms with E-state index in [1.807, 2.05) is 0 Å². The Labute approximate surface area is 108 Å². The summed E-state index contributed by atoms with van der Waals surface area (Å²) in [6, 6.07) is 5.59. The molecule has 1 unspecified atom stereocenters. The highest BCUT2D eigenvalue weighted by molar-refractivity contribution is 6.89. The second kappa shape index (κ2) is 5.15. The lowest BCUT2D eigenvalue weighted by Crippen LogP contribution is -2.27. The van der Waals surface area contributed by atoms with Crippen molar-refractivity contribution >= 4 is 12.6 Å². The first-order valence-corrected chi connectivity index (χ1v) is 5.95. The monoisotopic (exact) mass is 272 g/mol. The maximum Gasteiger partial charge on any atom is 0.573 e. The zero-order valence-electron chi connectivity index (χ0n) is 9.98. The van der Waals surface area contributed by atoms with Crippen LogP contribution in [0.4, 0.5) is 18.0 Å². The fourth-order valence-electron chi connectivity index (χ4n) is 2.60. The zero-order valence-corrected chi connectivity index (χ0v) is 9.98. The molecule has 0 saturated carbocycles. The van der Waals surface area contributed by atoms with Gasteiger partial charge in [0.15, 0.2) is 0 Å². The number of halogens is 3. The average Bonchev–Trinajstić information content (AvgIpc) is 2.75. The smallest absolute Gasteiger partial charge is 0.489 e. The van der Waals surface area contributed by atoms with Crippen molar-refractivity contribution in [1.82, 2.24) is 0 Å². The molecule has 0 aliphatic carbocycles. The van der Waals surface area contributed by atoms with Crippen molar-refractivity contribution in [2.45, 2.75) is 31.3 Å². The summed E-state index contributed by atoms with van der Waals surface area (Å²) in [6.45, 7) is -0.527. The molecule has 1 atom stereocenters. The summed E-state index contributed by atoms with van der Waals surface area (Å²) in [5, 5.41) is 9.09. The SMILES string of the molecule is O=C(O)B1CCCC1c1cccc(OC(F)(F)F)c1. The number of carboxylic acid groups (broad SMARTS) is 1. The quantitative estimate of drug-likeness (QED) is 0.852. The normalized spacial score (nSPS) is 19.5. The molecule has 1 aliphatic rings. The fraction of sp³-hybridized carbons (Fsp3) is 0.417. The largest absolute Gasteiger partial charge is 0.573 e. The van der Waals surface area contributed by atoms with Crippen LogP contribution in [0.2, 0.25) is 6.32 Å². The van der Waals surface area contributed by atoms with Crippen LogP contribution in [-0.2, 0) is 0 Å². The van der Waals surface area contributed by atoms with E-state index in [-0.39, 0.29) is 11.6 Å². The van der Waals surface area contributed by atoms with Gasteiger partial charge in [0.05, 0.1) is 0 Å². The first kappa shape index (κ1) is 13.8. The van der Waals surface area contributed by atoms with Crippen molar-refractivity contribution in [3.05, 3.63) is 29.8 Å². The maximum absolute atomic E-state index is 12.1. The second-order valence-corrected chi connectivity index (χ2v) is 4.60. The van der Waals surface area contributed by atoms with Crippen molar-refractivity contribution in [2.24, 2.45) is 0 Å². The van der Waals surface area contributed by atoms with Gasteiger partial charge in [-0.2, -0.15) is 0 Å². The molecule has 3 nitrogen and oxygen atoms in total. The van der Waals surface area contributed by atoms with Crippen LogP contribution in [0, 0.1) is 0 Å². The lowest BCUT2D eigenvalue weighted by Gasteiger charge is -2.15. The Bertz CT molecular complexity index is 476. The number of benzene rings is 1. The molecule has 0 spiro atoms. The van der Waals surface area contributed by atoms with E-state index in [0.717, 1.165) is 6.42 Å². The van der Waals surface area contributed by atoms with Crippen LogP contribution in [0.25, 0.3) is 0 Å². The molecule has 102 valence electrons. The molecule has 1 heterocycles. The molecule has 19 heavy (non-hydrogen) atoms. The number of hydrogen-bond donors (Lipinski definition) is 1. The Hall–Kier alpha value is -1.66. The lowest BCUT2D eigenvalue weighted by atomic mass is 9.41. The highest BCUT2D eigenvalue weighted by Crippen LogP contribution is 2.36. The summed E-state index contributed by atoms with van der Waals surface area (Å²) in [4.78, 5) is 11.1. The third-order valence-electron chi connectivity index (χ3n) is 3.35. The molecule has 1 aromatic carbocycles. The van der Waals surface area contributed by atoms with Crippen LogP contribution in [0.5, 0.6) is 5.75 Å². The molecule has 0 radical (unpaired) electrons. The predicted octanol–water partition coefficient (Wildman–Crippen LogP) is 3.76. The predicted molar refractivity (Wildman–Crippen MR) is 63.7 cm³/mol. The van der Waals surface area contributed by atoms with Gasteiger partial charge in [-0.1, -0.05) is 31.3 Å². The Kier molecular flexibility index (Phi) is 3.73. The lowest BCUT2D eigenvalue weighted by molar-refractivity contribution is -0.274. The average molecular weight is 272 g/mol. The van der Waals surface area contributed by atoms with Gasteiger partial charge in [0.1, 0.15) is 5.75 Å². The van der Waals surface area contributed by atoms with Gasteiger partial charge < -0.3 is 9.84 Å². The van der Waals surface area contributed by atoms with Gasteiger partial charge in [0, 0.05) is 0 Å². The number of carbonyl (C=O) groups is 1. The van der Waals surface area contributed by atoms with E-state index >= 15 is 0 Å². The molecular formula is C12H12BF3O3. The minimum atomic E-state index is -4.74. The number of hydrogen-bond acceptors (Lipinski definition) is 2. The first-order valence-electron chi connectivity index (χ1n) is 5.95. The van der Waals surface area contributed by atoms with Crippen molar-refractivity contribution in [2.75, 3.05) is 0 Å². The van der Waals surface area contributed by atoms with Gasteiger partial charge >= 0.3 is 6.36 Å². The van der Waals surface area contributed by atoms with Crippen LogP contribution in [0.1, 0.15) is 24.2 Å². The molecule has 1 aliphatic heterocycles. The van der Waals surface area contributed by atoms with E-state index in [2.05, 4.69) is 4.74 Å². The third-order valence-corrected chi connectivity index (χ3v) is 3.35. The minimum absolute atomic E-state index is 0.241. The molecule has 1 fully saturated rings. The maximum atomic E-state index is 12.1. The number of ether oxygens (including phenoxy) is 1. The Morgan fingerprint density at radius 3 is 2.79 bits per heavy atom. The van der Waals surface area contributed by atoms with E-state index in [4.69, 9.17) is 5.11 Å². The number of rotatable bonds is 3. The van der Waals surface area contributed by atoms with Gasteiger partial charge in [0.25, 0.3) is 6.71 Å². The molecule has 0 amide bonds. The number of alkyl halides is 3. The van der Waals surface area contributed by atoms with Crippen LogP contribution in [-0.4, -0.2) is 24.1 Å². The molecule has 1 saturated heterocycles. The van der Waals surface area contributed by atoms with Crippen molar-refractivity contribution in [3.8, 4) is 5.75 Å². The minimum Gasteiger partial charge on any atom is -0.489 e. The summed E-state index contributed by atoms with van der Waals surface area (Å²) in [6.07, 6.45) is -2.73. The van der Waals surface area contributed by atoms with Crippen LogP contribution < -0.4 is 4.74 Å². The van der Waals surface area contributed by atoms with E-state index in [9.17, 15) is 18.0 Å². The molecule has 2 rings (SSSR count). The Morgan fingerprint density at radius 1 is 1.42 bits per heavy atom. The van der Waals surface area contributed by atoms with Crippen molar-refractivity contribution < 1.29 is 27.8 Å². The first-order chi connectivity index (χ1) is 8.87. The summed E-state index contributed by atoms with van der Waals surface area (Å²) in [5.74, 6) is -1.44. The van der Waals surface area contributed by atoms with E-state index in [0.29, 0.717) is 18.3 Å². The summed E-state index contributed by atoms with van der Waals surface area (Å²) in [7, 11) is 0. The van der Waals surface area contributed by atoms with E-state index in [1.54, 1.807) is 6.07 Å². The second-order valence-electron chi connectivity index (χ2n) is 4.60. The zero-order chi connectivity index (χ0) is 14.0. The highest BCUT2D eigenvalue weighted by Gasteiger charge is 2.38. The Balaban J connectivity index is 2.21. The van der Waals surface area contributed by atoms with Crippen LogP contribution in [0.15, 0.2) is 24.3 Å². The molecular weight excluding hydrogens is 260 g/mol. The van der Waals surface area contributed by atoms with Gasteiger partial charge in [-0.3, -0.25) is 4.79 Å². The van der Waals surface area contributed by atoms with Crippen LogP contribution in [0.3, 0.4) is 0 Å². The van der Waals surface area contributed by atoms with Gasteiger partial charge in [0.2, 0.25) is 5.87 Å². The topological polar surface area (TPSA) is 46.5 Å². The third kappa shape index (κ3) is 3.42. The van der Waals surface area contributed by atoms with Crippen molar-refractivity contribution in [3.63, 3.8) is 0 Å². The van der Waals surface area contributed by atoms with E-state index in [1.165, 1.54) is 18.2 Å².